The first-order valence-corrected chi connectivity index (χ1v) is 10.2. The van der Waals surface area contributed by atoms with Crippen molar-refractivity contribution < 1.29 is 19.1 Å². The van der Waals surface area contributed by atoms with Gasteiger partial charge < -0.3 is 20.1 Å². The fourth-order valence-electron chi connectivity index (χ4n) is 3.08. The number of hydrogen-bond donors (Lipinski definition) is 2. The van der Waals surface area contributed by atoms with E-state index in [2.05, 4.69) is 26.6 Å². The maximum Gasteiger partial charge on any atom is 0.251 e. The molecule has 0 bridgehead atoms. The lowest BCUT2D eigenvalue weighted by atomic mass is 10.1. The highest BCUT2D eigenvalue weighted by molar-refractivity contribution is 9.10. The molecule has 30 heavy (non-hydrogen) atoms. The Morgan fingerprint density at radius 2 is 1.60 bits per heavy atom. The molecule has 0 saturated carbocycles. The second-order valence-corrected chi connectivity index (χ2v) is 7.50. The zero-order valence-corrected chi connectivity index (χ0v) is 18.4. The molecule has 0 atom stereocenters. The molecule has 2 N–H and O–H groups in total. The lowest BCUT2D eigenvalue weighted by Gasteiger charge is -2.12. The van der Waals surface area contributed by atoms with E-state index in [0.717, 1.165) is 20.8 Å². The summed E-state index contributed by atoms with van der Waals surface area (Å²) in [6.45, 7) is 0.345. The first-order chi connectivity index (χ1) is 14.5. The number of amides is 2. The van der Waals surface area contributed by atoms with E-state index in [1.54, 1.807) is 20.3 Å². The normalized spacial score (nSPS) is 10.5. The molecule has 156 valence electrons. The van der Waals surface area contributed by atoms with Gasteiger partial charge in [0.15, 0.2) is 11.5 Å². The summed E-state index contributed by atoms with van der Waals surface area (Å²) in [6, 6.07) is 17.0. The predicted octanol–water partition coefficient (Wildman–Crippen LogP) is 3.71. The number of methoxy groups -OCH3 is 2. The molecule has 0 saturated heterocycles. The fraction of sp³-hybridized carbons (Fsp3) is 0.217. The topological polar surface area (TPSA) is 76.7 Å². The van der Waals surface area contributed by atoms with Crippen LogP contribution >= 0.6 is 15.9 Å². The predicted molar refractivity (Wildman–Crippen MR) is 120 cm³/mol. The number of rotatable bonds is 8. The number of benzene rings is 3. The lowest BCUT2D eigenvalue weighted by Crippen LogP contribution is -2.37. The molecule has 0 unspecified atom stereocenters. The second kappa shape index (κ2) is 10.1. The zero-order chi connectivity index (χ0) is 21.5. The van der Waals surface area contributed by atoms with Crippen molar-refractivity contribution in [3.8, 4) is 11.5 Å². The summed E-state index contributed by atoms with van der Waals surface area (Å²) in [5.41, 5.74) is 1.50. The molecule has 0 aliphatic rings. The van der Waals surface area contributed by atoms with Crippen molar-refractivity contribution >= 4 is 38.5 Å². The molecule has 0 aliphatic carbocycles. The molecular weight excluding hydrogens is 448 g/mol. The van der Waals surface area contributed by atoms with Crippen LogP contribution in [-0.2, 0) is 11.2 Å². The van der Waals surface area contributed by atoms with E-state index in [4.69, 9.17) is 9.47 Å². The summed E-state index contributed by atoms with van der Waals surface area (Å²) in [6.07, 6.45) is 0.602. The number of fused-ring (bicyclic) bond motifs is 1. The van der Waals surface area contributed by atoms with Gasteiger partial charge in [0.05, 0.1) is 20.8 Å². The van der Waals surface area contributed by atoms with Crippen molar-refractivity contribution in [3.05, 3.63) is 70.2 Å². The summed E-state index contributed by atoms with van der Waals surface area (Å²) in [4.78, 5) is 24.4. The summed E-state index contributed by atoms with van der Waals surface area (Å²) >= 11 is 3.51. The van der Waals surface area contributed by atoms with Gasteiger partial charge in [0, 0.05) is 16.6 Å². The van der Waals surface area contributed by atoms with Crippen molar-refractivity contribution in [1.29, 1.82) is 0 Å². The number of nitrogens with one attached hydrogen (secondary N) is 2. The molecule has 3 aromatic carbocycles. The van der Waals surface area contributed by atoms with E-state index < -0.39 is 0 Å². The van der Waals surface area contributed by atoms with Gasteiger partial charge in [0.25, 0.3) is 5.91 Å². The van der Waals surface area contributed by atoms with Crippen LogP contribution in [0.15, 0.2) is 59.1 Å². The molecule has 6 nitrogen and oxygen atoms in total. The molecule has 0 radical (unpaired) electrons. The van der Waals surface area contributed by atoms with Crippen molar-refractivity contribution in [2.24, 2.45) is 0 Å². The minimum atomic E-state index is -0.279. The molecule has 3 rings (SSSR count). The molecule has 0 aliphatic heterocycles. The Hall–Kier alpha value is -3.06. The third-order valence-electron chi connectivity index (χ3n) is 4.69. The molecule has 2 amide bonds. The van der Waals surface area contributed by atoms with Crippen LogP contribution in [0.2, 0.25) is 0 Å². The van der Waals surface area contributed by atoms with Gasteiger partial charge in [-0.1, -0.05) is 46.3 Å². The van der Waals surface area contributed by atoms with Crippen molar-refractivity contribution in [1.82, 2.24) is 10.6 Å². The summed E-state index contributed by atoms with van der Waals surface area (Å²) in [5, 5.41) is 7.52. The largest absolute Gasteiger partial charge is 0.493 e. The highest BCUT2D eigenvalue weighted by Crippen LogP contribution is 2.33. The molecule has 0 fully saturated rings. The number of halogens is 1. The average molecular weight is 471 g/mol. The Balaban J connectivity index is 1.49. The first-order valence-electron chi connectivity index (χ1n) is 9.46. The van der Waals surface area contributed by atoms with Gasteiger partial charge in [-0.15, -0.1) is 0 Å². The number of ether oxygens (including phenoxy) is 2. The maximum atomic E-state index is 12.3. The molecule has 0 spiro atoms. The van der Waals surface area contributed by atoms with E-state index in [1.807, 2.05) is 48.5 Å². The van der Waals surface area contributed by atoms with Crippen LogP contribution in [0.5, 0.6) is 11.5 Å². The summed E-state index contributed by atoms with van der Waals surface area (Å²) in [5.74, 6) is 0.734. The van der Waals surface area contributed by atoms with Gasteiger partial charge >= 0.3 is 0 Å². The lowest BCUT2D eigenvalue weighted by molar-refractivity contribution is -0.120. The van der Waals surface area contributed by atoms with Gasteiger partial charge in [0.1, 0.15) is 0 Å². The highest BCUT2D eigenvalue weighted by atomic mass is 79.9. The first kappa shape index (κ1) is 21.6. The molecule has 0 heterocycles. The SMILES string of the molecule is COc1cc(Br)c(CCNC(=O)CNC(=O)c2ccc3ccccc3c2)cc1OC. The summed E-state index contributed by atoms with van der Waals surface area (Å²) in [7, 11) is 3.16. The Bertz CT molecular complexity index is 1070. The Kier molecular flexibility index (Phi) is 7.30. The number of carbonyl (C=O) groups excluding carboxylic acids is 2. The van der Waals surface area contributed by atoms with E-state index in [0.29, 0.717) is 30.0 Å². The van der Waals surface area contributed by atoms with Crippen molar-refractivity contribution in [2.45, 2.75) is 6.42 Å². The van der Waals surface area contributed by atoms with Gasteiger partial charge in [-0.2, -0.15) is 0 Å². The van der Waals surface area contributed by atoms with Crippen LogP contribution in [0.4, 0.5) is 0 Å². The maximum absolute atomic E-state index is 12.3. The van der Waals surface area contributed by atoms with Crippen LogP contribution < -0.4 is 20.1 Å². The van der Waals surface area contributed by atoms with E-state index in [1.165, 1.54) is 0 Å². The summed E-state index contributed by atoms with van der Waals surface area (Å²) < 4.78 is 11.5. The van der Waals surface area contributed by atoms with Gasteiger partial charge in [-0.05, 0) is 47.0 Å². The molecule has 3 aromatic rings. The minimum Gasteiger partial charge on any atom is -0.493 e. The van der Waals surface area contributed by atoms with Crippen LogP contribution in [-0.4, -0.2) is 39.1 Å². The Morgan fingerprint density at radius 1 is 0.900 bits per heavy atom. The van der Waals surface area contributed by atoms with Crippen molar-refractivity contribution in [2.75, 3.05) is 27.3 Å². The zero-order valence-electron chi connectivity index (χ0n) is 16.8. The van der Waals surface area contributed by atoms with E-state index in [-0.39, 0.29) is 18.4 Å². The van der Waals surface area contributed by atoms with Gasteiger partial charge in [-0.3, -0.25) is 9.59 Å². The number of carbonyl (C=O) groups is 2. The smallest absolute Gasteiger partial charge is 0.251 e. The monoisotopic (exact) mass is 470 g/mol. The molecular formula is C23H23BrN2O4. The standard InChI is InChI=1S/C23H23BrN2O4/c1-29-20-12-17(19(24)13-21(20)30-2)9-10-25-22(27)14-26-23(28)18-8-7-15-5-3-4-6-16(15)11-18/h3-8,11-13H,9-10,14H2,1-2H3,(H,25,27)(H,26,28). The second-order valence-electron chi connectivity index (χ2n) is 6.64. The Labute approximate surface area is 183 Å². The van der Waals surface area contributed by atoms with E-state index >= 15 is 0 Å². The number of hydrogen-bond acceptors (Lipinski definition) is 4. The van der Waals surface area contributed by atoms with Gasteiger partial charge in [0.2, 0.25) is 5.91 Å². The minimum absolute atomic E-state index is 0.0846. The fourth-order valence-corrected chi connectivity index (χ4v) is 3.60. The van der Waals surface area contributed by atoms with E-state index in [9.17, 15) is 9.59 Å². The van der Waals surface area contributed by atoms with Crippen molar-refractivity contribution in [3.63, 3.8) is 0 Å². The third kappa shape index (κ3) is 5.30. The third-order valence-corrected chi connectivity index (χ3v) is 5.43. The van der Waals surface area contributed by atoms with Crippen LogP contribution in [0.1, 0.15) is 15.9 Å². The molecule has 0 aromatic heterocycles. The van der Waals surface area contributed by atoms with Gasteiger partial charge in [-0.25, -0.2) is 0 Å². The average Bonchev–Trinajstić information content (AvgIpc) is 2.77. The quantitative estimate of drug-likeness (QED) is 0.525. The molecule has 7 heteroatoms. The van der Waals surface area contributed by atoms with Crippen LogP contribution in [0, 0.1) is 0 Å². The van der Waals surface area contributed by atoms with Crippen LogP contribution in [0.25, 0.3) is 10.8 Å². The highest BCUT2D eigenvalue weighted by Gasteiger charge is 2.11. The van der Waals surface area contributed by atoms with Crippen LogP contribution in [0.3, 0.4) is 0 Å². The Morgan fingerprint density at radius 3 is 2.33 bits per heavy atom.